The van der Waals surface area contributed by atoms with Crippen LogP contribution >= 0.6 is 23.2 Å². The first-order chi connectivity index (χ1) is 13.8. The highest BCUT2D eigenvalue weighted by atomic mass is 35.5. The van der Waals surface area contributed by atoms with E-state index in [1.807, 2.05) is 6.07 Å². The van der Waals surface area contributed by atoms with E-state index in [0.717, 1.165) is 5.56 Å². The number of carboxylic acids is 1. The Morgan fingerprint density at radius 3 is 2.62 bits per heavy atom. The van der Waals surface area contributed by atoms with E-state index >= 15 is 0 Å². The quantitative estimate of drug-likeness (QED) is 0.456. The summed E-state index contributed by atoms with van der Waals surface area (Å²) in [6, 6.07) is 14.4. The lowest BCUT2D eigenvalue weighted by Gasteiger charge is -2.15. The molecule has 0 spiro atoms. The third-order valence-corrected chi connectivity index (χ3v) is 5.04. The number of carboxylic acid groups (broad SMARTS) is 1. The molecular formula is C22H18Cl2FNO3. The number of carbonyl (C=O) groups is 1. The van der Waals surface area contributed by atoms with Gasteiger partial charge in [0.25, 0.3) is 0 Å². The first-order valence-corrected chi connectivity index (χ1v) is 9.52. The van der Waals surface area contributed by atoms with Crippen molar-refractivity contribution in [2.24, 2.45) is 0 Å². The highest BCUT2D eigenvalue weighted by molar-refractivity contribution is 6.31. The van der Waals surface area contributed by atoms with Crippen molar-refractivity contribution in [3.05, 3.63) is 92.7 Å². The van der Waals surface area contributed by atoms with E-state index in [-0.39, 0.29) is 12.2 Å². The number of ether oxygens (including phenoxy) is 1. The Morgan fingerprint density at radius 2 is 1.90 bits per heavy atom. The summed E-state index contributed by atoms with van der Waals surface area (Å²) in [5, 5.41) is 13.3. The van der Waals surface area contributed by atoms with Crippen LogP contribution in [0.15, 0.2) is 54.6 Å². The van der Waals surface area contributed by atoms with E-state index in [1.54, 1.807) is 43.3 Å². The van der Waals surface area contributed by atoms with Gasteiger partial charge in [0, 0.05) is 28.4 Å². The van der Waals surface area contributed by atoms with Gasteiger partial charge in [0.1, 0.15) is 18.2 Å². The van der Waals surface area contributed by atoms with Gasteiger partial charge in [0.05, 0.1) is 10.6 Å². The molecule has 3 aromatic rings. The normalized spacial score (nSPS) is 10.6. The van der Waals surface area contributed by atoms with Crippen molar-refractivity contribution in [1.82, 2.24) is 0 Å². The zero-order valence-corrected chi connectivity index (χ0v) is 17.0. The molecule has 0 aromatic heterocycles. The molecule has 0 aliphatic rings. The van der Waals surface area contributed by atoms with E-state index in [2.05, 4.69) is 5.32 Å². The summed E-state index contributed by atoms with van der Waals surface area (Å²) in [6.45, 7) is 2.29. The molecule has 0 aliphatic carbocycles. The second kappa shape index (κ2) is 9.16. The summed E-state index contributed by atoms with van der Waals surface area (Å²) in [7, 11) is 0. The Kier molecular flexibility index (Phi) is 6.62. The first-order valence-electron chi connectivity index (χ1n) is 8.77. The lowest BCUT2D eigenvalue weighted by molar-refractivity contribution is 0.0696. The molecule has 0 radical (unpaired) electrons. The van der Waals surface area contributed by atoms with Crippen LogP contribution in [0.3, 0.4) is 0 Å². The molecule has 0 aliphatic heterocycles. The molecular weight excluding hydrogens is 416 g/mol. The maximum absolute atomic E-state index is 13.2. The van der Waals surface area contributed by atoms with Gasteiger partial charge in [0.2, 0.25) is 0 Å². The molecule has 150 valence electrons. The van der Waals surface area contributed by atoms with Crippen LogP contribution in [0.5, 0.6) is 5.75 Å². The minimum atomic E-state index is -0.978. The van der Waals surface area contributed by atoms with Crippen LogP contribution in [0.2, 0.25) is 10.0 Å². The van der Waals surface area contributed by atoms with Gasteiger partial charge in [-0.1, -0.05) is 35.3 Å². The first kappa shape index (κ1) is 21.0. The van der Waals surface area contributed by atoms with Gasteiger partial charge >= 0.3 is 5.97 Å². The average Bonchev–Trinajstić information content (AvgIpc) is 2.67. The van der Waals surface area contributed by atoms with Crippen molar-refractivity contribution in [2.75, 3.05) is 5.32 Å². The second-order valence-electron chi connectivity index (χ2n) is 6.41. The highest BCUT2D eigenvalue weighted by Crippen LogP contribution is 2.27. The monoisotopic (exact) mass is 433 g/mol. The second-order valence-corrected chi connectivity index (χ2v) is 7.26. The number of rotatable bonds is 7. The molecule has 0 saturated heterocycles. The molecule has 0 bridgehead atoms. The summed E-state index contributed by atoms with van der Waals surface area (Å²) >= 11 is 12.2. The van der Waals surface area contributed by atoms with Crippen molar-refractivity contribution >= 4 is 34.9 Å². The van der Waals surface area contributed by atoms with E-state index in [0.29, 0.717) is 39.2 Å². The molecule has 2 N–H and O–H groups in total. The molecule has 0 fully saturated rings. The minimum Gasteiger partial charge on any atom is -0.488 e. The molecule has 7 heteroatoms. The Hall–Kier alpha value is -2.76. The van der Waals surface area contributed by atoms with Gasteiger partial charge in [0.15, 0.2) is 0 Å². The summed E-state index contributed by atoms with van der Waals surface area (Å²) in [4.78, 5) is 11.3. The van der Waals surface area contributed by atoms with Crippen LogP contribution in [-0.2, 0) is 13.2 Å². The molecule has 4 nitrogen and oxygen atoms in total. The number of hydrogen-bond donors (Lipinski definition) is 2. The Bertz CT molecular complexity index is 1060. The lowest BCUT2D eigenvalue weighted by atomic mass is 10.1. The van der Waals surface area contributed by atoms with Gasteiger partial charge in [-0.15, -0.1) is 0 Å². The lowest BCUT2D eigenvalue weighted by Crippen LogP contribution is -2.07. The summed E-state index contributed by atoms with van der Waals surface area (Å²) in [5.74, 6) is -0.794. The Balaban J connectivity index is 1.77. The fourth-order valence-electron chi connectivity index (χ4n) is 2.87. The van der Waals surface area contributed by atoms with Crippen LogP contribution in [0, 0.1) is 12.7 Å². The molecule has 3 aromatic carbocycles. The van der Waals surface area contributed by atoms with Crippen LogP contribution < -0.4 is 10.1 Å². The highest BCUT2D eigenvalue weighted by Gasteiger charge is 2.12. The van der Waals surface area contributed by atoms with Crippen LogP contribution in [0.4, 0.5) is 10.1 Å². The predicted molar refractivity (Wildman–Crippen MR) is 113 cm³/mol. The minimum absolute atomic E-state index is 0.168. The van der Waals surface area contributed by atoms with Crippen LogP contribution in [0.25, 0.3) is 0 Å². The van der Waals surface area contributed by atoms with E-state index in [1.165, 1.54) is 12.1 Å². The standard InChI is InChI=1S/C22H18Cl2FNO3/c1-13-18(22(27)28)3-2-4-20(13)26-11-15-9-16(23)6-8-21(15)29-12-14-5-7-17(25)10-19(14)24/h2-10,26H,11-12H2,1H3,(H,27,28). The fraction of sp³-hybridized carbons (Fsp3) is 0.136. The van der Waals surface area contributed by atoms with Gasteiger partial charge < -0.3 is 15.2 Å². The van der Waals surface area contributed by atoms with Crippen LogP contribution in [-0.4, -0.2) is 11.1 Å². The molecule has 0 unspecified atom stereocenters. The number of nitrogens with one attached hydrogen (secondary N) is 1. The fourth-order valence-corrected chi connectivity index (χ4v) is 3.29. The van der Waals surface area contributed by atoms with E-state index < -0.39 is 11.8 Å². The number of halogens is 3. The predicted octanol–water partition coefficient (Wildman–Crippen LogP) is 6.33. The maximum Gasteiger partial charge on any atom is 0.336 e. The largest absolute Gasteiger partial charge is 0.488 e. The third-order valence-electron chi connectivity index (χ3n) is 4.45. The number of hydrogen-bond acceptors (Lipinski definition) is 3. The Morgan fingerprint density at radius 1 is 1.10 bits per heavy atom. The molecule has 0 saturated carbocycles. The van der Waals surface area contributed by atoms with E-state index in [9.17, 15) is 14.3 Å². The van der Waals surface area contributed by atoms with Crippen LogP contribution in [0.1, 0.15) is 27.0 Å². The maximum atomic E-state index is 13.2. The number of anilines is 1. The zero-order chi connectivity index (χ0) is 21.0. The third kappa shape index (κ3) is 5.19. The zero-order valence-electron chi connectivity index (χ0n) is 15.5. The molecule has 0 heterocycles. The molecule has 3 rings (SSSR count). The van der Waals surface area contributed by atoms with Crippen molar-refractivity contribution in [3.8, 4) is 5.75 Å². The molecule has 0 amide bonds. The summed E-state index contributed by atoms with van der Waals surface area (Å²) in [6.07, 6.45) is 0. The SMILES string of the molecule is Cc1c(NCc2cc(Cl)ccc2OCc2ccc(F)cc2Cl)cccc1C(=O)O. The van der Waals surface area contributed by atoms with Gasteiger partial charge in [-0.2, -0.15) is 0 Å². The topological polar surface area (TPSA) is 58.6 Å². The smallest absolute Gasteiger partial charge is 0.336 e. The summed E-state index contributed by atoms with van der Waals surface area (Å²) in [5.41, 5.74) is 3.03. The summed E-state index contributed by atoms with van der Waals surface area (Å²) < 4.78 is 19.1. The average molecular weight is 434 g/mol. The van der Waals surface area contributed by atoms with Crippen molar-refractivity contribution in [2.45, 2.75) is 20.1 Å². The van der Waals surface area contributed by atoms with Gasteiger partial charge in [-0.3, -0.25) is 0 Å². The van der Waals surface area contributed by atoms with Gasteiger partial charge in [-0.25, -0.2) is 9.18 Å². The van der Waals surface area contributed by atoms with Crippen molar-refractivity contribution < 1.29 is 19.0 Å². The van der Waals surface area contributed by atoms with Gasteiger partial charge in [-0.05, 0) is 55.0 Å². The van der Waals surface area contributed by atoms with E-state index in [4.69, 9.17) is 27.9 Å². The Labute approximate surface area is 177 Å². The number of aromatic carboxylic acids is 1. The molecule has 0 atom stereocenters. The van der Waals surface area contributed by atoms with Crippen molar-refractivity contribution in [1.29, 1.82) is 0 Å². The number of benzene rings is 3. The van der Waals surface area contributed by atoms with Crippen molar-refractivity contribution in [3.63, 3.8) is 0 Å². The molecule has 29 heavy (non-hydrogen) atoms.